The molecule has 0 saturated heterocycles. The largest absolute Gasteiger partial charge is 0.454 e. The van der Waals surface area contributed by atoms with Gasteiger partial charge in [0.25, 0.3) is 11.5 Å². The monoisotopic (exact) mass is 364 g/mol. The molecule has 0 aliphatic carbocycles. The van der Waals surface area contributed by atoms with Crippen molar-refractivity contribution in [3.8, 4) is 11.5 Å². The molecular weight excluding hydrogens is 348 g/mol. The summed E-state index contributed by atoms with van der Waals surface area (Å²) in [4.78, 5) is 33.2. The smallest absolute Gasteiger partial charge is 0.263 e. The zero-order valence-electron chi connectivity index (χ0n) is 14.5. The van der Waals surface area contributed by atoms with Crippen molar-refractivity contribution in [1.82, 2.24) is 14.5 Å². The average molecular weight is 364 g/mol. The highest BCUT2D eigenvalue weighted by Crippen LogP contribution is 2.32. The summed E-state index contributed by atoms with van der Waals surface area (Å²) in [7, 11) is 0. The van der Waals surface area contributed by atoms with E-state index in [1.807, 2.05) is 12.1 Å². The number of nitrogens with one attached hydrogen (secondary N) is 1. The molecule has 0 saturated carbocycles. The van der Waals surface area contributed by atoms with Crippen LogP contribution in [0.15, 0.2) is 54.0 Å². The first-order chi connectivity index (χ1) is 13.1. The SMILES string of the molecule is Cc1ccn(Cc2ccc3c(c2)OCO3)c(=O)c1C(=O)Nc1cncnc1. The number of aryl methyl sites for hydroxylation is 1. The minimum Gasteiger partial charge on any atom is -0.454 e. The number of amides is 1. The second kappa shape index (κ2) is 6.91. The molecule has 8 heteroatoms. The van der Waals surface area contributed by atoms with Crippen LogP contribution in [0.2, 0.25) is 0 Å². The van der Waals surface area contributed by atoms with Gasteiger partial charge in [0, 0.05) is 6.20 Å². The number of pyridine rings is 1. The molecular formula is C19H16N4O4. The lowest BCUT2D eigenvalue weighted by Gasteiger charge is -2.11. The first-order valence-corrected chi connectivity index (χ1v) is 8.27. The summed E-state index contributed by atoms with van der Waals surface area (Å²) in [5.74, 6) is 0.835. The first kappa shape index (κ1) is 16.8. The molecule has 0 bridgehead atoms. The van der Waals surface area contributed by atoms with Gasteiger partial charge < -0.3 is 19.4 Å². The lowest BCUT2D eigenvalue weighted by Crippen LogP contribution is -2.30. The summed E-state index contributed by atoms with van der Waals surface area (Å²) < 4.78 is 12.2. The van der Waals surface area contributed by atoms with Gasteiger partial charge in [-0.05, 0) is 36.2 Å². The molecule has 1 amide bonds. The number of hydrogen-bond donors (Lipinski definition) is 1. The molecule has 136 valence electrons. The van der Waals surface area contributed by atoms with Gasteiger partial charge >= 0.3 is 0 Å². The number of rotatable bonds is 4. The van der Waals surface area contributed by atoms with Gasteiger partial charge in [-0.2, -0.15) is 0 Å². The van der Waals surface area contributed by atoms with E-state index in [4.69, 9.17) is 9.47 Å². The Morgan fingerprint density at radius 2 is 1.96 bits per heavy atom. The minimum atomic E-state index is -0.493. The molecule has 0 spiro atoms. The number of nitrogens with zero attached hydrogens (tertiary/aromatic N) is 3. The zero-order chi connectivity index (χ0) is 18.8. The van der Waals surface area contributed by atoms with Crippen molar-refractivity contribution in [2.75, 3.05) is 12.1 Å². The molecule has 8 nitrogen and oxygen atoms in total. The van der Waals surface area contributed by atoms with E-state index >= 15 is 0 Å². The normalized spacial score (nSPS) is 12.0. The van der Waals surface area contributed by atoms with Crippen molar-refractivity contribution in [2.45, 2.75) is 13.5 Å². The van der Waals surface area contributed by atoms with Crippen molar-refractivity contribution in [3.05, 3.63) is 76.2 Å². The second-order valence-electron chi connectivity index (χ2n) is 6.08. The Hall–Kier alpha value is -3.68. The summed E-state index contributed by atoms with van der Waals surface area (Å²) in [6.45, 7) is 2.23. The van der Waals surface area contributed by atoms with Crippen molar-refractivity contribution >= 4 is 11.6 Å². The van der Waals surface area contributed by atoms with Crippen LogP contribution in [0, 0.1) is 6.92 Å². The van der Waals surface area contributed by atoms with Crippen molar-refractivity contribution in [1.29, 1.82) is 0 Å². The fraction of sp³-hybridized carbons (Fsp3) is 0.158. The topological polar surface area (TPSA) is 95.3 Å². The van der Waals surface area contributed by atoms with Gasteiger partial charge in [-0.15, -0.1) is 0 Å². The molecule has 2 aromatic heterocycles. The highest BCUT2D eigenvalue weighted by Gasteiger charge is 2.18. The van der Waals surface area contributed by atoms with Gasteiger partial charge in [0.15, 0.2) is 11.5 Å². The third-order valence-electron chi connectivity index (χ3n) is 4.21. The Morgan fingerprint density at radius 1 is 1.19 bits per heavy atom. The van der Waals surface area contributed by atoms with E-state index in [1.165, 1.54) is 23.3 Å². The molecule has 3 aromatic rings. The van der Waals surface area contributed by atoms with Crippen LogP contribution >= 0.6 is 0 Å². The molecule has 0 radical (unpaired) electrons. The molecule has 4 rings (SSSR count). The number of fused-ring (bicyclic) bond motifs is 1. The van der Waals surface area contributed by atoms with Crippen LogP contribution in [-0.2, 0) is 6.54 Å². The first-order valence-electron chi connectivity index (χ1n) is 8.27. The van der Waals surface area contributed by atoms with E-state index < -0.39 is 5.91 Å². The number of aromatic nitrogens is 3. The molecule has 1 N–H and O–H groups in total. The van der Waals surface area contributed by atoms with Crippen LogP contribution in [0.3, 0.4) is 0 Å². The molecule has 1 aromatic carbocycles. The van der Waals surface area contributed by atoms with Crippen LogP contribution in [-0.4, -0.2) is 27.2 Å². The van der Waals surface area contributed by atoms with Crippen LogP contribution in [0.4, 0.5) is 5.69 Å². The zero-order valence-corrected chi connectivity index (χ0v) is 14.5. The highest BCUT2D eigenvalue weighted by molar-refractivity contribution is 6.04. The quantitative estimate of drug-likeness (QED) is 0.761. The Labute approximate surface area is 154 Å². The number of carbonyl (C=O) groups is 1. The van der Waals surface area contributed by atoms with E-state index in [-0.39, 0.29) is 17.9 Å². The fourth-order valence-electron chi connectivity index (χ4n) is 2.86. The number of carbonyl (C=O) groups excluding carboxylic acids is 1. The number of ether oxygens (including phenoxy) is 2. The van der Waals surface area contributed by atoms with Gasteiger partial charge in [0.2, 0.25) is 6.79 Å². The summed E-state index contributed by atoms with van der Waals surface area (Å²) in [5.41, 5.74) is 1.60. The molecule has 1 aliphatic rings. The summed E-state index contributed by atoms with van der Waals surface area (Å²) >= 11 is 0. The number of benzene rings is 1. The van der Waals surface area contributed by atoms with Gasteiger partial charge in [0.05, 0.1) is 24.6 Å². The van der Waals surface area contributed by atoms with Crippen LogP contribution < -0.4 is 20.3 Å². The van der Waals surface area contributed by atoms with Gasteiger partial charge in [0.1, 0.15) is 11.9 Å². The Kier molecular flexibility index (Phi) is 4.29. The predicted molar refractivity (Wildman–Crippen MR) is 97.1 cm³/mol. The maximum atomic E-state index is 12.9. The van der Waals surface area contributed by atoms with E-state index in [0.29, 0.717) is 29.3 Å². The van der Waals surface area contributed by atoms with Crippen molar-refractivity contribution in [3.63, 3.8) is 0 Å². The fourth-order valence-corrected chi connectivity index (χ4v) is 2.86. The van der Waals surface area contributed by atoms with Gasteiger partial charge in [-0.3, -0.25) is 9.59 Å². The maximum absolute atomic E-state index is 12.9. The van der Waals surface area contributed by atoms with E-state index in [0.717, 1.165) is 5.56 Å². The lowest BCUT2D eigenvalue weighted by molar-refractivity contribution is 0.102. The Morgan fingerprint density at radius 3 is 2.78 bits per heavy atom. The molecule has 0 atom stereocenters. The van der Waals surface area contributed by atoms with Crippen LogP contribution in [0.5, 0.6) is 11.5 Å². The lowest BCUT2D eigenvalue weighted by atomic mass is 10.1. The Bertz CT molecular complexity index is 1060. The van der Waals surface area contributed by atoms with Crippen molar-refractivity contribution in [2.24, 2.45) is 0 Å². The summed E-state index contributed by atoms with van der Waals surface area (Å²) in [6, 6.07) is 7.24. The number of anilines is 1. The molecule has 0 fully saturated rings. The molecule has 3 heterocycles. The maximum Gasteiger partial charge on any atom is 0.263 e. The predicted octanol–water partition coefficient (Wildman–Crippen LogP) is 1.98. The molecule has 0 unspecified atom stereocenters. The average Bonchev–Trinajstić information content (AvgIpc) is 3.13. The van der Waals surface area contributed by atoms with Crippen LogP contribution in [0.25, 0.3) is 0 Å². The summed E-state index contributed by atoms with van der Waals surface area (Å²) in [5, 5.41) is 2.65. The van der Waals surface area contributed by atoms with E-state index in [9.17, 15) is 9.59 Å². The minimum absolute atomic E-state index is 0.0853. The second-order valence-corrected chi connectivity index (χ2v) is 6.08. The van der Waals surface area contributed by atoms with Gasteiger partial charge in [-0.25, -0.2) is 9.97 Å². The third-order valence-corrected chi connectivity index (χ3v) is 4.21. The third kappa shape index (κ3) is 3.37. The van der Waals surface area contributed by atoms with E-state index in [1.54, 1.807) is 25.3 Å². The molecule has 27 heavy (non-hydrogen) atoms. The highest BCUT2D eigenvalue weighted by atomic mass is 16.7. The van der Waals surface area contributed by atoms with E-state index in [2.05, 4.69) is 15.3 Å². The number of hydrogen-bond acceptors (Lipinski definition) is 6. The van der Waals surface area contributed by atoms with Gasteiger partial charge in [-0.1, -0.05) is 6.07 Å². The standard InChI is InChI=1S/C19H16N4O4/c1-12-4-5-23(9-13-2-3-15-16(6-13)27-11-26-15)19(25)17(12)18(24)22-14-7-20-10-21-8-14/h2-8,10H,9,11H2,1H3,(H,22,24). The Balaban J connectivity index is 1.62. The van der Waals surface area contributed by atoms with Crippen LogP contribution in [0.1, 0.15) is 21.5 Å². The summed E-state index contributed by atoms with van der Waals surface area (Å²) in [6.07, 6.45) is 5.97. The molecule has 1 aliphatic heterocycles. The van der Waals surface area contributed by atoms with Crippen molar-refractivity contribution < 1.29 is 14.3 Å².